The van der Waals surface area contributed by atoms with Gasteiger partial charge in [0.1, 0.15) is 18.9 Å². The molecule has 0 N–H and O–H groups in total. The topological polar surface area (TPSA) is 50.3 Å². The van der Waals surface area contributed by atoms with Crippen LogP contribution in [0.3, 0.4) is 0 Å². The van der Waals surface area contributed by atoms with Crippen molar-refractivity contribution < 1.29 is 4.84 Å². The minimum Gasteiger partial charge on any atom is -0.399 e. The number of benzene rings is 1. The van der Waals surface area contributed by atoms with Gasteiger partial charge in [-0.25, -0.2) is 0 Å². The zero-order chi connectivity index (χ0) is 16.3. The molecule has 0 saturated carbocycles. The van der Waals surface area contributed by atoms with Gasteiger partial charge in [-0.05, 0) is 23.3 Å². The predicted molar refractivity (Wildman–Crippen MR) is 88.6 cm³/mol. The summed E-state index contributed by atoms with van der Waals surface area (Å²) in [6.45, 7) is 6.32. The van der Waals surface area contributed by atoms with Gasteiger partial charge in [-0.15, -0.1) is 0 Å². The summed E-state index contributed by atoms with van der Waals surface area (Å²) in [5.41, 5.74) is 4.58. The van der Waals surface area contributed by atoms with Crippen LogP contribution in [0.2, 0.25) is 0 Å². The smallest absolute Gasteiger partial charge is 0.120 e. The molecule has 22 heavy (non-hydrogen) atoms. The molecule has 0 spiro atoms. The van der Waals surface area contributed by atoms with E-state index in [-0.39, 0.29) is 5.41 Å². The summed E-state index contributed by atoms with van der Waals surface area (Å²) >= 11 is 0. The fourth-order valence-electron chi connectivity index (χ4n) is 2.43. The standard InChI is InChI=1S/C18H21N3O/c1-18(2,3)17(20-22-5)14-8-6-13(7-9-14)16-11-10-15(12-19)21(16)4/h6-11H,1-5H3/b20-17-. The molecule has 4 heteroatoms. The van der Waals surface area contributed by atoms with E-state index in [1.165, 1.54) is 0 Å². The van der Waals surface area contributed by atoms with Crippen LogP contribution in [-0.2, 0) is 11.9 Å². The average Bonchev–Trinajstić information content (AvgIpc) is 2.85. The summed E-state index contributed by atoms with van der Waals surface area (Å²) in [4.78, 5) is 4.98. The van der Waals surface area contributed by atoms with Crippen molar-refractivity contribution in [1.82, 2.24) is 4.57 Å². The van der Waals surface area contributed by atoms with Crippen LogP contribution in [0.5, 0.6) is 0 Å². The van der Waals surface area contributed by atoms with Gasteiger partial charge in [-0.1, -0.05) is 50.2 Å². The quantitative estimate of drug-likeness (QED) is 0.635. The lowest BCUT2D eigenvalue weighted by Gasteiger charge is -2.21. The summed E-state index contributed by atoms with van der Waals surface area (Å²) < 4.78 is 1.89. The highest BCUT2D eigenvalue weighted by molar-refractivity contribution is 6.04. The van der Waals surface area contributed by atoms with E-state index in [2.05, 4.69) is 32.0 Å². The summed E-state index contributed by atoms with van der Waals surface area (Å²) in [6.07, 6.45) is 0. The molecule has 0 atom stereocenters. The van der Waals surface area contributed by atoms with Crippen molar-refractivity contribution in [2.45, 2.75) is 20.8 Å². The fourth-order valence-corrected chi connectivity index (χ4v) is 2.43. The van der Waals surface area contributed by atoms with E-state index in [9.17, 15) is 0 Å². The predicted octanol–water partition coefficient (Wildman–Crippen LogP) is 3.96. The van der Waals surface area contributed by atoms with Gasteiger partial charge in [-0.3, -0.25) is 0 Å². The van der Waals surface area contributed by atoms with Crippen LogP contribution in [-0.4, -0.2) is 17.4 Å². The van der Waals surface area contributed by atoms with Crippen molar-refractivity contribution in [3.8, 4) is 17.3 Å². The van der Waals surface area contributed by atoms with Crippen LogP contribution in [0.15, 0.2) is 41.6 Å². The zero-order valence-corrected chi connectivity index (χ0v) is 13.7. The number of oxime groups is 1. The van der Waals surface area contributed by atoms with E-state index < -0.39 is 0 Å². The van der Waals surface area contributed by atoms with E-state index in [1.54, 1.807) is 7.11 Å². The Bertz CT molecular complexity index is 725. The van der Waals surface area contributed by atoms with E-state index in [0.717, 1.165) is 22.5 Å². The number of hydrogen-bond donors (Lipinski definition) is 0. The van der Waals surface area contributed by atoms with Crippen LogP contribution in [0.1, 0.15) is 32.0 Å². The van der Waals surface area contributed by atoms with E-state index in [1.807, 2.05) is 48.0 Å². The van der Waals surface area contributed by atoms with Crippen molar-refractivity contribution in [2.75, 3.05) is 7.11 Å². The first-order valence-electron chi connectivity index (χ1n) is 7.16. The molecule has 114 valence electrons. The molecular formula is C18H21N3O. The number of hydrogen-bond acceptors (Lipinski definition) is 3. The number of nitriles is 1. The third-order valence-corrected chi connectivity index (χ3v) is 3.58. The fraction of sp³-hybridized carbons (Fsp3) is 0.333. The average molecular weight is 295 g/mol. The molecule has 0 saturated heterocycles. The Kier molecular flexibility index (Phi) is 4.37. The molecule has 0 aliphatic heterocycles. The van der Waals surface area contributed by atoms with Crippen LogP contribution < -0.4 is 0 Å². The van der Waals surface area contributed by atoms with E-state index >= 15 is 0 Å². The Morgan fingerprint density at radius 2 is 1.77 bits per heavy atom. The van der Waals surface area contributed by atoms with Crippen LogP contribution >= 0.6 is 0 Å². The maximum atomic E-state index is 9.04. The van der Waals surface area contributed by atoms with Gasteiger partial charge in [0.15, 0.2) is 0 Å². The monoisotopic (exact) mass is 295 g/mol. The summed E-state index contributed by atoms with van der Waals surface area (Å²) in [5.74, 6) is 0. The van der Waals surface area contributed by atoms with Gasteiger partial charge in [0, 0.05) is 18.2 Å². The van der Waals surface area contributed by atoms with Gasteiger partial charge in [0.25, 0.3) is 0 Å². The largest absolute Gasteiger partial charge is 0.399 e. The molecule has 4 nitrogen and oxygen atoms in total. The highest BCUT2D eigenvalue weighted by Gasteiger charge is 2.21. The molecule has 0 bridgehead atoms. The van der Waals surface area contributed by atoms with Crippen molar-refractivity contribution in [3.05, 3.63) is 47.7 Å². The molecule has 1 aromatic heterocycles. The third kappa shape index (κ3) is 3.04. The maximum Gasteiger partial charge on any atom is 0.120 e. The normalized spacial score (nSPS) is 12.1. The molecule has 2 aromatic rings. The molecule has 1 heterocycles. The molecule has 2 rings (SSSR count). The molecule has 0 aliphatic carbocycles. The minimum atomic E-state index is -0.101. The molecule has 0 fully saturated rings. The van der Waals surface area contributed by atoms with Crippen molar-refractivity contribution in [1.29, 1.82) is 5.26 Å². The first-order valence-corrected chi connectivity index (χ1v) is 7.16. The Balaban J connectivity index is 2.40. The van der Waals surface area contributed by atoms with E-state index in [4.69, 9.17) is 10.1 Å². The minimum absolute atomic E-state index is 0.101. The Morgan fingerprint density at radius 3 is 2.23 bits per heavy atom. The highest BCUT2D eigenvalue weighted by atomic mass is 16.6. The zero-order valence-electron chi connectivity index (χ0n) is 13.7. The van der Waals surface area contributed by atoms with E-state index in [0.29, 0.717) is 5.69 Å². The lowest BCUT2D eigenvalue weighted by atomic mass is 9.85. The van der Waals surface area contributed by atoms with Crippen LogP contribution in [0, 0.1) is 16.7 Å². The maximum absolute atomic E-state index is 9.04. The van der Waals surface area contributed by atoms with Crippen LogP contribution in [0.4, 0.5) is 0 Å². The molecule has 1 aromatic carbocycles. The van der Waals surface area contributed by atoms with Gasteiger partial charge in [0.05, 0.1) is 5.71 Å². The molecule has 0 amide bonds. The summed E-state index contributed by atoms with van der Waals surface area (Å²) in [7, 11) is 3.46. The first kappa shape index (κ1) is 15.8. The number of nitrogens with zero attached hydrogens (tertiary/aromatic N) is 3. The highest BCUT2D eigenvalue weighted by Crippen LogP contribution is 2.26. The Hall–Kier alpha value is -2.54. The lowest BCUT2D eigenvalue weighted by molar-refractivity contribution is 0.209. The third-order valence-electron chi connectivity index (χ3n) is 3.58. The van der Waals surface area contributed by atoms with Crippen LogP contribution in [0.25, 0.3) is 11.3 Å². The lowest BCUT2D eigenvalue weighted by Crippen LogP contribution is -2.21. The van der Waals surface area contributed by atoms with Crippen molar-refractivity contribution >= 4 is 5.71 Å². The summed E-state index contributed by atoms with van der Waals surface area (Å²) in [5, 5.41) is 13.2. The first-order chi connectivity index (χ1) is 10.4. The van der Waals surface area contributed by atoms with Gasteiger partial charge < -0.3 is 9.40 Å². The SMILES string of the molecule is CO/N=C(/c1ccc(-c2ccc(C#N)n2C)cc1)C(C)(C)C. The van der Waals surface area contributed by atoms with Crippen molar-refractivity contribution in [2.24, 2.45) is 17.6 Å². The molecule has 0 radical (unpaired) electrons. The second-order valence-electron chi connectivity index (χ2n) is 6.22. The second-order valence-corrected chi connectivity index (χ2v) is 6.22. The molecule has 0 unspecified atom stereocenters. The Morgan fingerprint density at radius 1 is 1.14 bits per heavy atom. The number of aromatic nitrogens is 1. The second kappa shape index (κ2) is 6.07. The van der Waals surface area contributed by atoms with Gasteiger partial charge in [0.2, 0.25) is 0 Å². The Labute approximate surface area is 131 Å². The van der Waals surface area contributed by atoms with Crippen molar-refractivity contribution in [3.63, 3.8) is 0 Å². The number of rotatable bonds is 3. The van der Waals surface area contributed by atoms with Gasteiger partial charge >= 0.3 is 0 Å². The summed E-state index contributed by atoms with van der Waals surface area (Å²) in [6, 6.07) is 14.1. The molecular weight excluding hydrogens is 274 g/mol. The van der Waals surface area contributed by atoms with Gasteiger partial charge in [-0.2, -0.15) is 5.26 Å². The molecule has 0 aliphatic rings.